The smallest absolute Gasteiger partial charge is 0.247 e. The summed E-state index contributed by atoms with van der Waals surface area (Å²) >= 11 is 3.59. The highest BCUT2D eigenvalue weighted by Crippen LogP contribution is 2.58. The molecule has 148 valence electrons. The van der Waals surface area contributed by atoms with Crippen molar-refractivity contribution in [2.75, 3.05) is 11.9 Å². The number of nitrogens with zero attached hydrogens (tertiary/aromatic N) is 3. The Morgan fingerprint density at radius 3 is 2.73 bits per heavy atom. The molecule has 2 aliphatic heterocycles. The first kappa shape index (κ1) is 18.5. The van der Waals surface area contributed by atoms with Gasteiger partial charge in [-0.1, -0.05) is 36.4 Å². The molecule has 1 unspecified atom stereocenters. The molecule has 0 aliphatic carbocycles. The molecular weight excluding hydrogens is 446 g/mol. The quantitative estimate of drug-likeness (QED) is 0.576. The molecule has 8 heteroatoms. The maximum atomic E-state index is 13.9. The molecule has 0 saturated carbocycles. The number of anilines is 1. The van der Waals surface area contributed by atoms with Crippen LogP contribution in [0.4, 0.5) is 5.69 Å². The Morgan fingerprint density at radius 2 is 2.03 bits per heavy atom. The fourth-order valence-corrected chi connectivity index (χ4v) is 5.32. The van der Waals surface area contributed by atoms with E-state index in [0.717, 1.165) is 15.6 Å². The number of aromatic nitrogens is 2. The highest BCUT2D eigenvalue weighted by molar-refractivity contribution is 9.10. The lowest BCUT2D eigenvalue weighted by molar-refractivity contribution is -0.120. The van der Waals surface area contributed by atoms with E-state index in [1.165, 1.54) is 0 Å². The number of H-pyrrole nitrogens is 1. The zero-order valence-corrected chi connectivity index (χ0v) is 17.7. The van der Waals surface area contributed by atoms with Gasteiger partial charge < -0.3 is 15.4 Å². The second kappa shape index (κ2) is 6.21. The summed E-state index contributed by atoms with van der Waals surface area (Å²) in [7, 11) is 1.69. The summed E-state index contributed by atoms with van der Waals surface area (Å²) < 4.78 is 6.46. The summed E-state index contributed by atoms with van der Waals surface area (Å²) in [5, 5.41) is 17.4. The summed E-state index contributed by atoms with van der Waals surface area (Å²) in [5.41, 5.74) is 8.98. The summed E-state index contributed by atoms with van der Waals surface area (Å²) in [6.07, 6.45) is 0. The third-order valence-electron chi connectivity index (χ3n) is 5.68. The summed E-state index contributed by atoms with van der Waals surface area (Å²) in [6, 6.07) is 15.5. The summed E-state index contributed by atoms with van der Waals surface area (Å²) in [6.45, 7) is 1.94. The lowest BCUT2D eigenvalue weighted by Crippen LogP contribution is -2.45. The van der Waals surface area contributed by atoms with Crippen molar-refractivity contribution in [1.29, 1.82) is 5.26 Å². The van der Waals surface area contributed by atoms with Crippen molar-refractivity contribution in [2.24, 2.45) is 5.73 Å². The largest absolute Gasteiger partial charge is 0.420 e. The SMILES string of the molecule is Cc1cc(Br)c2c(c1)C1(C(=O)N2C)C(C#N)=C(N)Oc2n[nH]c(-c3ccccc3)c21. The Bertz CT molecular complexity index is 1310. The zero-order chi connectivity index (χ0) is 21.2. The number of carbonyl (C=O) groups excluding carboxylic acids is 1. The first-order valence-corrected chi connectivity index (χ1v) is 10.0. The molecule has 7 nitrogen and oxygen atoms in total. The molecule has 3 heterocycles. The minimum atomic E-state index is -1.46. The van der Waals surface area contributed by atoms with Gasteiger partial charge >= 0.3 is 0 Å². The first-order valence-electron chi connectivity index (χ1n) is 9.22. The van der Waals surface area contributed by atoms with Crippen LogP contribution in [0.1, 0.15) is 16.7 Å². The van der Waals surface area contributed by atoms with E-state index in [2.05, 4.69) is 32.2 Å². The van der Waals surface area contributed by atoms with Gasteiger partial charge in [0.25, 0.3) is 0 Å². The molecule has 0 saturated heterocycles. The van der Waals surface area contributed by atoms with Crippen LogP contribution in [0.3, 0.4) is 0 Å². The first-order chi connectivity index (χ1) is 14.4. The topological polar surface area (TPSA) is 108 Å². The number of ether oxygens (including phenoxy) is 1. The van der Waals surface area contributed by atoms with Gasteiger partial charge in [-0.25, -0.2) is 0 Å². The number of rotatable bonds is 1. The molecule has 1 spiro atoms. The normalized spacial score (nSPS) is 19.5. The van der Waals surface area contributed by atoms with E-state index in [-0.39, 0.29) is 23.2 Å². The van der Waals surface area contributed by atoms with Crippen molar-refractivity contribution in [3.63, 3.8) is 0 Å². The van der Waals surface area contributed by atoms with E-state index in [4.69, 9.17) is 10.5 Å². The molecule has 3 aromatic rings. The molecule has 1 atom stereocenters. The number of fused-ring (bicyclic) bond motifs is 4. The van der Waals surface area contributed by atoms with Crippen LogP contribution in [0, 0.1) is 18.3 Å². The van der Waals surface area contributed by atoms with Crippen molar-refractivity contribution in [1.82, 2.24) is 10.2 Å². The van der Waals surface area contributed by atoms with Crippen molar-refractivity contribution in [3.05, 3.63) is 75.1 Å². The summed E-state index contributed by atoms with van der Waals surface area (Å²) in [4.78, 5) is 15.5. The van der Waals surface area contributed by atoms with Crippen molar-refractivity contribution in [2.45, 2.75) is 12.3 Å². The standard InChI is InChI=1S/C22H16BrN5O2/c1-11-8-13-18(15(23)9-11)28(2)21(29)22(13)14(10-24)19(25)30-20-16(22)17(26-27-20)12-6-4-3-5-7-12/h3-9H,25H2,1-2H3,(H,26,27). The van der Waals surface area contributed by atoms with Crippen LogP contribution in [-0.4, -0.2) is 23.2 Å². The van der Waals surface area contributed by atoms with Crippen molar-refractivity contribution >= 4 is 27.5 Å². The van der Waals surface area contributed by atoms with Crippen LogP contribution in [0.15, 0.2) is 58.4 Å². The minimum absolute atomic E-state index is 0.0571. The fraction of sp³-hybridized carbons (Fsp3) is 0.136. The Balaban J connectivity index is 1.96. The van der Waals surface area contributed by atoms with E-state index in [9.17, 15) is 10.1 Å². The lowest BCUT2D eigenvalue weighted by atomic mass is 9.68. The number of benzene rings is 2. The van der Waals surface area contributed by atoms with E-state index >= 15 is 0 Å². The molecule has 0 radical (unpaired) electrons. The van der Waals surface area contributed by atoms with Gasteiger partial charge in [0, 0.05) is 22.6 Å². The number of amides is 1. The minimum Gasteiger partial charge on any atom is -0.420 e. The highest BCUT2D eigenvalue weighted by Gasteiger charge is 2.61. The van der Waals surface area contributed by atoms with Crippen LogP contribution >= 0.6 is 15.9 Å². The van der Waals surface area contributed by atoms with Crippen LogP contribution in [-0.2, 0) is 10.2 Å². The maximum Gasteiger partial charge on any atom is 0.247 e. The van der Waals surface area contributed by atoms with E-state index < -0.39 is 5.41 Å². The van der Waals surface area contributed by atoms with Crippen LogP contribution in [0.5, 0.6) is 5.88 Å². The van der Waals surface area contributed by atoms with E-state index in [1.54, 1.807) is 11.9 Å². The zero-order valence-electron chi connectivity index (χ0n) is 16.2. The van der Waals surface area contributed by atoms with Crippen LogP contribution < -0.4 is 15.4 Å². The number of nitrogens with two attached hydrogens (primary N) is 1. The Hall–Kier alpha value is -3.57. The molecule has 3 N–H and O–H groups in total. The lowest BCUT2D eigenvalue weighted by Gasteiger charge is -2.32. The van der Waals surface area contributed by atoms with Gasteiger partial charge in [-0.05, 0) is 34.5 Å². The monoisotopic (exact) mass is 461 g/mol. The number of likely N-dealkylation sites (N-methyl/N-ethyl adjacent to an activating group) is 1. The molecule has 0 fully saturated rings. The van der Waals surface area contributed by atoms with Gasteiger partial charge in [0.05, 0.1) is 16.9 Å². The third kappa shape index (κ3) is 2.13. The van der Waals surface area contributed by atoms with Gasteiger partial charge in [-0.2, -0.15) is 5.26 Å². The molecule has 30 heavy (non-hydrogen) atoms. The van der Waals surface area contributed by atoms with Crippen molar-refractivity contribution in [3.8, 4) is 23.2 Å². The molecule has 1 amide bonds. The van der Waals surface area contributed by atoms with Gasteiger partial charge in [-0.3, -0.25) is 9.89 Å². The molecule has 2 aliphatic rings. The molecule has 1 aromatic heterocycles. The number of halogens is 1. The average molecular weight is 462 g/mol. The average Bonchev–Trinajstić information content (AvgIpc) is 3.23. The Labute approximate surface area is 180 Å². The highest BCUT2D eigenvalue weighted by atomic mass is 79.9. The predicted octanol–water partition coefficient (Wildman–Crippen LogP) is 3.50. The number of nitrogens with one attached hydrogen (secondary N) is 1. The molecule has 5 rings (SSSR count). The summed E-state index contributed by atoms with van der Waals surface area (Å²) in [5.74, 6) is -0.215. The fourth-order valence-electron chi connectivity index (χ4n) is 4.48. The second-order valence-corrected chi connectivity index (χ2v) is 8.21. The predicted molar refractivity (Wildman–Crippen MR) is 115 cm³/mol. The number of nitriles is 1. The third-order valence-corrected chi connectivity index (χ3v) is 6.29. The second-order valence-electron chi connectivity index (χ2n) is 7.35. The molecule has 0 bridgehead atoms. The van der Waals surface area contributed by atoms with Crippen molar-refractivity contribution < 1.29 is 9.53 Å². The van der Waals surface area contributed by atoms with Gasteiger partial charge in [0.2, 0.25) is 17.7 Å². The van der Waals surface area contributed by atoms with E-state index in [0.29, 0.717) is 22.5 Å². The number of hydrogen-bond acceptors (Lipinski definition) is 5. The number of aryl methyl sites for hydroxylation is 1. The number of hydrogen-bond donors (Lipinski definition) is 2. The molecular formula is C22H16BrN5O2. The number of carbonyl (C=O) groups is 1. The van der Waals surface area contributed by atoms with Gasteiger partial charge in [0.1, 0.15) is 17.1 Å². The molecule has 2 aromatic carbocycles. The Kier molecular flexibility index (Phi) is 3.82. The van der Waals surface area contributed by atoms with Gasteiger partial charge in [-0.15, -0.1) is 5.10 Å². The Morgan fingerprint density at radius 1 is 1.30 bits per heavy atom. The van der Waals surface area contributed by atoms with Crippen LogP contribution in [0.2, 0.25) is 0 Å². The van der Waals surface area contributed by atoms with Gasteiger partial charge in [0.15, 0.2) is 0 Å². The van der Waals surface area contributed by atoms with Crippen LogP contribution in [0.25, 0.3) is 11.3 Å². The number of aromatic amines is 1. The maximum absolute atomic E-state index is 13.9. The van der Waals surface area contributed by atoms with E-state index in [1.807, 2.05) is 49.4 Å².